The molecule has 1 heterocycles. The molecule has 0 fully saturated rings. The smallest absolute Gasteiger partial charge is 0.213 e. The molecule has 1 aromatic heterocycles. The molecule has 0 aliphatic heterocycles. The first-order chi connectivity index (χ1) is 7.81. The molecular weight excluding hydrogens is 213 g/mol. The Morgan fingerprint density at radius 1 is 1.44 bits per heavy atom. The van der Waals surface area contributed by atoms with Gasteiger partial charge in [0.15, 0.2) is 18.2 Å². The molecule has 5 nitrogen and oxygen atoms in total. The predicted molar refractivity (Wildman–Crippen MR) is 52.9 cm³/mol. The van der Waals surface area contributed by atoms with Crippen LogP contribution in [0.4, 0.5) is 4.39 Å². The van der Waals surface area contributed by atoms with E-state index in [2.05, 4.69) is 14.7 Å². The van der Waals surface area contributed by atoms with Gasteiger partial charge in [-0.2, -0.15) is 4.98 Å². The third-order valence-electron chi connectivity index (χ3n) is 2.02. The van der Waals surface area contributed by atoms with Crippen LogP contribution >= 0.6 is 0 Å². The lowest BCUT2D eigenvalue weighted by molar-refractivity contribution is 0.270. The van der Waals surface area contributed by atoms with Crippen LogP contribution in [0.25, 0.3) is 0 Å². The van der Waals surface area contributed by atoms with Crippen molar-refractivity contribution >= 4 is 0 Å². The van der Waals surface area contributed by atoms with Crippen molar-refractivity contribution in [2.45, 2.75) is 13.2 Å². The van der Waals surface area contributed by atoms with Crippen molar-refractivity contribution in [1.29, 1.82) is 0 Å². The summed E-state index contributed by atoms with van der Waals surface area (Å²) in [5.74, 6) is 0.0347. The Morgan fingerprint density at radius 3 is 3.00 bits per heavy atom. The molecule has 2 rings (SSSR count). The summed E-state index contributed by atoms with van der Waals surface area (Å²) in [6, 6.07) is 4.60. The van der Waals surface area contributed by atoms with Crippen LogP contribution in [0.3, 0.4) is 0 Å². The zero-order valence-corrected chi connectivity index (χ0v) is 8.39. The molecule has 84 valence electrons. The Labute approximate surface area is 91.0 Å². The number of hydrogen-bond donors (Lipinski definition) is 1. The minimum Gasteiger partial charge on any atom is -0.482 e. The van der Waals surface area contributed by atoms with E-state index in [1.807, 2.05) is 0 Å². The summed E-state index contributed by atoms with van der Waals surface area (Å²) in [5, 5.41) is 3.55. The van der Waals surface area contributed by atoms with Crippen molar-refractivity contribution in [3.63, 3.8) is 0 Å². The van der Waals surface area contributed by atoms with E-state index in [0.717, 1.165) is 0 Å². The second-order valence-corrected chi connectivity index (χ2v) is 3.07. The highest BCUT2D eigenvalue weighted by atomic mass is 19.1. The molecule has 0 saturated carbocycles. The molecule has 0 bridgehead atoms. The number of halogens is 1. The average molecular weight is 223 g/mol. The zero-order valence-electron chi connectivity index (χ0n) is 8.39. The number of rotatable bonds is 4. The average Bonchev–Trinajstić information content (AvgIpc) is 2.80. The quantitative estimate of drug-likeness (QED) is 0.844. The Morgan fingerprint density at radius 2 is 2.31 bits per heavy atom. The highest BCUT2D eigenvalue weighted by Crippen LogP contribution is 2.22. The molecule has 0 saturated heterocycles. The summed E-state index contributed by atoms with van der Waals surface area (Å²) in [7, 11) is 0. The molecular formula is C10H10FN3O2. The largest absolute Gasteiger partial charge is 0.482 e. The molecule has 16 heavy (non-hydrogen) atoms. The van der Waals surface area contributed by atoms with Crippen LogP contribution in [0.15, 0.2) is 29.1 Å². The molecule has 0 atom stereocenters. The van der Waals surface area contributed by atoms with Gasteiger partial charge in [0.25, 0.3) is 0 Å². The number of nitrogens with two attached hydrogens (primary N) is 1. The maximum absolute atomic E-state index is 13.4. The summed E-state index contributed by atoms with van der Waals surface area (Å²) in [6.45, 7) is 0.254. The predicted octanol–water partition coefficient (Wildman–Crippen LogP) is 1.25. The minimum absolute atomic E-state index is 0.0461. The summed E-state index contributed by atoms with van der Waals surface area (Å²) in [6.07, 6.45) is 1.18. The maximum atomic E-state index is 13.4. The number of para-hydroxylation sites is 1. The van der Waals surface area contributed by atoms with Gasteiger partial charge in [-0.1, -0.05) is 17.3 Å². The molecule has 0 aliphatic rings. The van der Waals surface area contributed by atoms with Crippen molar-refractivity contribution in [3.8, 4) is 5.75 Å². The second-order valence-electron chi connectivity index (χ2n) is 3.07. The van der Waals surface area contributed by atoms with Gasteiger partial charge in [-0.15, -0.1) is 0 Å². The lowest BCUT2D eigenvalue weighted by atomic mass is 10.2. The molecule has 0 aliphatic carbocycles. The van der Waals surface area contributed by atoms with E-state index in [-0.39, 0.29) is 18.9 Å². The van der Waals surface area contributed by atoms with Gasteiger partial charge in [0.2, 0.25) is 12.2 Å². The topological polar surface area (TPSA) is 74.2 Å². The highest BCUT2D eigenvalue weighted by molar-refractivity contribution is 5.34. The van der Waals surface area contributed by atoms with Crippen LogP contribution < -0.4 is 10.5 Å². The Balaban J connectivity index is 2.14. The number of ether oxygens (including phenoxy) is 1. The molecule has 6 heteroatoms. The third kappa shape index (κ3) is 2.17. The van der Waals surface area contributed by atoms with E-state index in [0.29, 0.717) is 11.4 Å². The first-order valence-corrected chi connectivity index (χ1v) is 4.66. The van der Waals surface area contributed by atoms with Crippen LogP contribution in [-0.4, -0.2) is 10.1 Å². The van der Waals surface area contributed by atoms with Crippen LogP contribution in [0.2, 0.25) is 0 Å². The molecule has 0 unspecified atom stereocenters. The second kappa shape index (κ2) is 4.71. The lowest BCUT2D eigenvalue weighted by Crippen LogP contribution is -2.05. The summed E-state index contributed by atoms with van der Waals surface area (Å²) < 4.78 is 23.2. The summed E-state index contributed by atoms with van der Waals surface area (Å²) in [5.41, 5.74) is 6.07. The van der Waals surface area contributed by atoms with Gasteiger partial charge in [-0.3, -0.25) is 0 Å². The van der Waals surface area contributed by atoms with Crippen molar-refractivity contribution < 1.29 is 13.7 Å². The van der Waals surface area contributed by atoms with Gasteiger partial charge in [0, 0.05) is 12.1 Å². The van der Waals surface area contributed by atoms with Gasteiger partial charge in [0.05, 0.1) is 0 Å². The van der Waals surface area contributed by atoms with E-state index in [1.54, 1.807) is 12.1 Å². The summed E-state index contributed by atoms with van der Waals surface area (Å²) >= 11 is 0. The van der Waals surface area contributed by atoms with Crippen molar-refractivity contribution in [3.05, 3.63) is 41.8 Å². The van der Waals surface area contributed by atoms with Crippen molar-refractivity contribution in [1.82, 2.24) is 10.1 Å². The van der Waals surface area contributed by atoms with Crippen molar-refractivity contribution in [2.75, 3.05) is 0 Å². The first-order valence-electron chi connectivity index (χ1n) is 4.66. The SMILES string of the molecule is NCc1cccc(F)c1OCc1ncon1. The highest BCUT2D eigenvalue weighted by Gasteiger charge is 2.09. The molecule has 2 aromatic rings. The van der Waals surface area contributed by atoms with E-state index in [9.17, 15) is 4.39 Å². The fraction of sp³-hybridized carbons (Fsp3) is 0.200. The third-order valence-corrected chi connectivity index (χ3v) is 2.02. The standard InChI is InChI=1S/C10H10FN3O2/c11-8-3-1-2-7(4-12)10(8)15-5-9-13-6-16-14-9/h1-3,6H,4-5,12H2. The zero-order chi connectivity index (χ0) is 11.4. The number of hydrogen-bond acceptors (Lipinski definition) is 5. The van der Waals surface area contributed by atoms with Crippen molar-refractivity contribution in [2.24, 2.45) is 5.73 Å². The van der Waals surface area contributed by atoms with E-state index in [1.165, 1.54) is 12.5 Å². The molecule has 0 radical (unpaired) electrons. The summed E-state index contributed by atoms with van der Waals surface area (Å²) in [4.78, 5) is 3.76. The fourth-order valence-electron chi connectivity index (χ4n) is 1.27. The molecule has 0 spiro atoms. The van der Waals surface area contributed by atoms with Crippen LogP contribution in [0.5, 0.6) is 5.75 Å². The molecule has 1 aromatic carbocycles. The van der Waals surface area contributed by atoms with Gasteiger partial charge < -0.3 is 15.0 Å². The maximum Gasteiger partial charge on any atom is 0.213 e. The van der Waals surface area contributed by atoms with Crippen LogP contribution in [0, 0.1) is 5.82 Å². The number of nitrogens with zero attached hydrogens (tertiary/aromatic N) is 2. The first kappa shape index (κ1) is 10.6. The molecule has 2 N–H and O–H groups in total. The Hall–Kier alpha value is -1.95. The lowest BCUT2D eigenvalue weighted by Gasteiger charge is -2.09. The Bertz CT molecular complexity index is 459. The number of benzene rings is 1. The van der Waals surface area contributed by atoms with Gasteiger partial charge in [-0.05, 0) is 6.07 Å². The normalized spacial score (nSPS) is 10.4. The van der Waals surface area contributed by atoms with Gasteiger partial charge in [0.1, 0.15) is 0 Å². The fourth-order valence-corrected chi connectivity index (χ4v) is 1.27. The van der Waals surface area contributed by atoms with Crippen LogP contribution in [0.1, 0.15) is 11.4 Å². The number of aromatic nitrogens is 2. The van der Waals surface area contributed by atoms with Gasteiger partial charge in [-0.25, -0.2) is 4.39 Å². The van der Waals surface area contributed by atoms with E-state index >= 15 is 0 Å². The minimum atomic E-state index is -0.452. The van der Waals surface area contributed by atoms with E-state index in [4.69, 9.17) is 10.5 Å². The Kier molecular flexibility index (Phi) is 3.11. The van der Waals surface area contributed by atoms with Crippen LogP contribution in [-0.2, 0) is 13.2 Å². The molecule has 0 amide bonds. The van der Waals surface area contributed by atoms with E-state index < -0.39 is 5.82 Å². The van der Waals surface area contributed by atoms with Gasteiger partial charge >= 0.3 is 0 Å². The monoisotopic (exact) mass is 223 g/mol.